The molecule has 1 aromatic carbocycles. The zero-order chi connectivity index (χ0) is 15.2. The number of rotatable bonds is 7. The third-order valence-corrected chi connectivity index (χ3v) is 3.49. The largest absolute Gasteiger partial charge is 0.463 e. The molecule has 1 N–H and O–H groups in total. The van der Waals surface area contributed by atoms with Crippen LogP contribution < -0.4 is 0 Å². The molecule has 1 aliphatic rings. The number of aliphatic hydroxyl groups is 1. The summed E-state index contributed by atoms with van der Waals surface area (Å²) in [5.41, 5.74) is 1.09. The van der Waals surface area contributed by atoms with Crippen molar-refractivity contribution in [2.75, 3.05) is 6.61 Å². The molecule has 1 saturated heterocycles. The van der Waals surface area contributed by atoms with Gasteiger partial charge < -0.3 is 14.6 Å². The van der Waals surface area contributed by atoms with Crippen molar-refractivity contribution in [1.29, 1.82) is 0 Å². The predicted octanol–water partition coefficient (Wildman–Crippen LogP) is 2.63. The lowest BCUT2D eigenvalue weighted by Gasteiger charge is -2.11. The third kappa shape index (κ3) is 4.69. The van der Waals surface area contributed by atoms with Gasteiger partial charge in [-0.1, -0.05) is 43.3 Å². The number of aliphatic hydroxyl groups excluding tert-OH is 1. The van der Waals surface area contributed by atoms with Crippen LogP contribution in [0.5, 0.6) is 0 Å². The Bertz CT molecular complexity index is 483. The van der Waals surface area contributed by atoms with Gasteiger partial charge >= 0.3 is 5.97 Å². The van der Waals surface area contributed by atoms with Gasteiger partial charge in [-0.05, 0) is 24.8 Å². The van der Waals surface area contributed by atoms with Crippen molar-refractivity contribution < 1.29 is 19.4 Å². The number of carbonyl (C=O) groups excluding carboxylic acids is 1. The van der Waals surface area contributed by atoms with E-state index in [9.17, 15) is 9.90 Å². The Balaban J connectivity index is 1.78. The highest BCUT2D eigenvalue weighted by atomic mass is 16.6. The van der Waals surface area contributed by atoms with E-state index in [-0.39, 0.29) is 24.1 Å². The van der Waals surface area contributed by atoms with Crippen LogP contribution in [-0.4, -0.2) is 29.9 Å². The first-order valence-electron chi connectivity index (χ1n) is 7.35. The van der Waals surface area contributed by atoms with E-state index in [1.54, 1.807) is 13.0 Å². The lowest BCUT2D eigenvalue weighted by atomic mass is 9.98. The number of hydrogen-bond donors (Lipinski definition) is 1. The molecule has 4 nitrogen and oxygen atoms in total. The molecule has 0 radical (unpaired) electrons. The molecule has 0 bridgehead atoms. The molecule has 1 aliphatic heterocycles. The first-order chi connectivity index (χ1) is 10.1. The van der Waals surface area contributed by atoms with E-state index in [1.165, 1.54) is 6.08 Å². The molecule has 4 heteroatoms. The van der Waals surface area contributed by atoms with Crippen molar-refractivity contribution in [2.45, 2.75) is 38.6 Å². The predicted molar refractivity (Wildman–Crippen MR) is 79.6 cm³/mol. The molecule has 1 heterocycles. The minimum atomic E-state index is -0.531. The zero-order valence-corrected chi connectivity index (χ0v) is 12.4. The second kappa shape index (κ2) is 7.38. The summed E-state index contributed by atoms with van der Waals surface area (Å²) >= 11 is 0. The van der Waals surface area contributed by atoms with Gasteiger partial charge in [-0.2, -0.15) is 0 Å². The summed E-state index contributed by atoms with van der Waals surface area (Å²) < 4.78 is 10.4. The fourth-order valence-corrected chi connectivity index (χ4v) is 2.35. The number of epoxide rings is 1. The molecule has 114 valence electrons. The summed E-state index contributed by atoms with van der Waals surface area (Å²) in [5, 5.41) is 10.2. The molecule has 2 rings (SSSR count). The first-order valence-corrected chi connectivity index (χ1v) is 7.35. The van der Waals surface area contributed by atoms with Crippen LogP contribution in [0.2, 0.25) is 0 Å². The van der Waals surface area contributed by atoms with Crippen LogP contribution in [0.25, 0.3) is 0 Å². The highest BCUT2D eigenvalue weighted by molar-refractivity contribution is 5.81. The maximum atomic E-state index is 11.2. The van der Waals surface area contributed by atoms with Crippen molar-refractivity contribution in [1.82, 2.24) is 0 Å². The SMILES string of the molecule is CCOC(=O)/C=C/[C@H](C)C[C@@H](O)[C@H]1O[C@@H]1c1ccccc1. The van der Waals surface area contributed by atoms with Gasteiger partial charge in [-0.3, -0.25) is 0 Å². The molecule has 21 heavy (non-hydrogen) atoms. The summed E-state index contributed by atoms with van der Waals surface area (Å²) in [4.78, 5) is 11.2. The summed E-state index contributed by atoms with van der Waals surface area (Å²) in [6.07, 6.45) is 3.05. The molecule has 0 unspecified atom stereocenters. The Labute approximate surface area is 125 Å². The Morgan fingerprint density at radius 2 is 2.14 bits per heavy atom. The molecule has 1 fully saturated rings. The number of carbonyl (C=O) groups is 1. The Kier molecular flexibility index (Phi) is 5.53. The molecular weight excluding hydrogens is 268 g/mol. The summed E-state index contributed by atoms with van der Waals surface area (Å²) in [6.45, 7) is 4.10. The molecule has 0 aliphatic carbocycles. The van der Waals surface area contributed by atoms with Crippen LogP contribution in [-0.2, 0) is 14.3 Å². The van der Waals surface area contributed by atoms with Gasteiger partial charge in [0.25, 0.3) is 0 Å². The highest BCUT2D eigenvalue weighted by Gasteiger charge is 2.45. The van der Waals surface area contributed by atoms with E-state index < -0.39 is 6.10 Å². The molecule has 4 atom stereocenters. The molecule has 0 aromatic heterocycles. The smallest absolute Gasteiger partial charge is 0.330 e. The van der Waals surface area contributed by atoms with Gasteiger partial charge in [0.1, 0.15) is 12.2 Å². The van der Waals surface area contributed by atoms with Gasteiger partial charge in [0, 0.05) is 6.08 Å². The maximum absolute atomic E-state index is 11.2. The van der Waals surface area contributed by atoms with Gasteiger partial charge in [-0.15, -0.1) is 0 Å². The van der Waals surface area contributed by atoms with E-state index in [1.807, 2.05) is 37.3 Å². The Hall–Kier alpha value is -1.65. The van der Waals surface area contributed by atoms with Gasteiger partial charge in [0.15, 0.2) is 0 Å². The Morgan fingerprint density at radius 1 is 1.43 bits per heavy atom. The van der Waals surface area contributed by atoms with Gasteiger partial charge in [0.05, 0.1) is 12.7 Å². The third-order valence-electron chi connectivity index (χ3n) is 3.49. The topological polar surface area (TPSA) is 59.1 Å². The number of benzene rings is 1. The van der Waals surface area contributed by atoms with Crippen molar-refractivity contribution >= 4 is 5.97 Å². The fourth-order valence-electron chi connectivity index (χ4n) is 2.35. The van der Waals surface area contributed by atoms with Gasteiger partial charge in [0.2, 0.25) is 0 Å². The summed E-state index contributed by atoms with van der Waals surface area (Å²) in [5.74, 6) is -0.256. The van der Waals surface area contributed by atoms with E-state index in [0.29, 0.717) is 13.0 Å². The average molecular weight is 290 g/mol. The van der Waals surface area contributed by atoms with Crippen molar-refractivity contribution in [3.05, 3.63) is 48.0 Å². The first kappa shape index (κ1) is 15.7. The molecule has 1 aromatic rings. The van der Waals surface area contributed by atoms with E-state index in [2.05, 4.69) is 0 Å². The van der Waals surface area contributed by atoms with Gasteiger partial charge in [-0.25, -0.2) is 4.79 Å². The number of ether oxygens (including phenoxy) is 2. The van der Waals surface area contributed by atoms with Crippen molar-refractivity contribution in [3.63, 3.8) is 0 Å². The van der Waals surface area contributed by atoms with Crippen LogP contribution in [0.3, 0.4) is 0 Å². The number of allylic oxidation sites excluding steroid dienone is 1. The fraction of sp³-hybridized carbons (Fsp3) is 0.471. The number of hydrogen-bond acceptors (Lipinski definition) is 4. The second-order valence-electron chi connectivity index (χ2n) is 5.32. The lowest BCUT2D eigenvalue weighted by molar-refractivity contribution is -0.137. The lowest BCUT2D eigenvalue weighted by Crippen LogP contribution is -2.18. The van der Waals surface area contributed by atoms with Crippen LogP contribution in [0.15, 0.2) is 42.5 Å². The van der Waals surface area contributed by atoms with E-state index >= 15 is 0 Å². The van der Waals surface area contributed by atoms with Crippen LogP contribution >= 0.6 is 0 Å². The number of esters is 1. The molecule has 0 spiro atoms. The van der Waals surface area contributed by atoms with Crippen LogP contribution in [0, 0.1) is 5.92 Å². The minimum absolute atomic E-state index is 0.0116. The van der Waals surface area contributed by atoms with Crippen molar-refractivity contribution in [2.24, 2.45) is 5.92 Å². The normalized spacial score (nSPS) is 23.8. The quantitative estimate of drug-likeness (QED) is 0.476. The highest BCUT2D eigenvalue weighted by Crippen LogP contribution is 2.41. The summed E-state index contributed by atoms with van der Waals surface area (Å²) in [6, 6.07) is 9.89. The van der Waals surface area contributed by atoms with Crippen molar-refractivity contribution in [3.8, 4) is 0 Å². The Morgan fingerprint density at radius 3 is 2.81 bits per heavy atom. The molecule has 0 saturated carbocycles. The van der Waals surface area contributed by atoms with E-state index in [4.69, 9.17) is 9.47 Å². The molecule has 0 amide bonds. The van der Waals surface area contributed by atoms with Crippen LogP contribution in [0.1, 0.15) is 31.9 Å². The minimum Gasteiger partial charge on any atom is -0.463 e. The average Bonchev–Trinajstić information content (AvgIpc) is 3.27. The standard InChI is InChI=1S/C17H22O4/c1-3-20-15(19)10-9-12(2)11-14(18)17-16(21-17)13-7-5-4-6-8-13/h4-10,12,14,16-18H,3,11H2,1-2H3/b10-9+/t12-,14+,16+,17+/m0/s1. The monoisotopic (exact) mass is 290 g/mol. The van der Waals surface area contributed by atoms with Crippen LogP contribution in [0.4, 0.5) is 0 Å². The molecular formula is C17H22O4. The summed E-state index contributed by atoms with van der Waals surface area (Å²) in [7, 11) is 0. The maximum Gasteiger partial charge on any atom is 0.330 e. The second-order valence-corrected chi connectivity index (χ2v) is 5.32. The zero-order valence-electron chi connectivity index (χ0n) is 12.4. The van der Waals surface area contributed by atoms with E-state index in [0.717, 1.165) is 5.56 Å².